The topological polar surface area (TPSA) is 90.9 Å². The van der Waals surface area contributed by atoms with Crippen molar-refractivity contribution in [1.29, 1.82) is 0 Å². The molecule has 0 amide bonds. The van der Waals surface area contributed by atoms with Crippen LogP contribution in [0.2, 0.25) is 0 Å². The fourth-order valence-electron chi connectivity index (χ4n) is 1.76. The molecule has 0 unspecified atom stereocenters. The molecule has 0 aliphatic heterocycles. The van der Waals surface area contributed by atoms with Crippen molar-refractivity contribution in [3.63, 3.8) is 0 Å². The lowest BCUT2D eigenvalue weighted by Gasteiger charge is -2.10. The van der Waals surface area contributed by atoms with E-state index in [1.807, 2.05) is 12.5 Å². The Balaban J connectivity index is 1.75. The third-order valence-electron chi connectivity index (χ3n) is 2.73. The molecule has 2 rings (SSSR count). The first-order valence-corrected chi connectivity index (χ1v) is 6.15. The van der Waals surface area contributed by atoms with E-state index >= 15 is 0 Å². The number of aromatic nitrogens is 4. The molecular weight excluding hydrogens is 244 g/mol. The molecule has 0 aliphatic rings. The van der Waals surface area contributed by atoms with Crippen LogP contribution in [0, 0.1) is 0 Å². The molecule has 3 N–H and O–H groups in total. The number of nitrogen functional groups attached to an aromatic ring is 1. The molecule has 0 saturated heterocycles. The van der Waals surface area contributed by atoms with Crippen LogP contribution in [0.25, 0.3) is 0 Å². The standard InChI is InChI=1S/C12H18N6O/c1-19-10-11(13)16-8-17-12(10)15-4-2-3-6-18-7-5-14-9-18/h5,7-9H,2-4,6H2,1H3,(H3,13,15,16,17). The summed E-state index contributed by atoms with van der Waals surface area (Å²) in [5.74, 6) is 1.48. The maximum atomic E-state index is 5.70. The summed E-state index contributed by atoms with van der Waals surface area (Å²) in [4.78, 5) is 12.0. The van der Waals surface area contributed by atoms with Crippen molar-refractivity contribution >= 4 is 11.6 Å². The summed E-state index contributed by atoms with van der Waals surface area (Å²) in [6, 6.07) is 0. The van der Waals surface area contributed by atoms with Crippen LogP contribution in [0.1, 0.15) is 12.8 Å². The van der Waals surface area contributed by atoms with E-state index in [0.29, 0.717) is 17.4 Å². The number of imidazole rings is 1. The van der Waals surface area contributed by atoms with Crippen molar-refractivity contribution in [3.05, 3.63) is 25.0 Å². The largest absolute Gasteiger partial charge is 0.490 e. The van der Waals surface area contributed by atoms with Crippen LogP contribution >= 0.6 is 0 Å². The second kappa shape index (κ2) is 6.58. The highest BCUT2D eigenvalue weighted by Gasteiger charge is 2.08. The van der Waals surface area contributed by atoms with E-state index in [0.717, 1.165) is 25.9 Å². The highest BCUT2D eigenvalue weighted by atomic mass is 16.5. The van der Waals surface area contributed by atoms with Crippen LogP contribution in [0.3, 0.4) is 0 Å². The summed E-state index contributed by atoms with van der Waals surface area (Å²) in [6.45, 7) is 1.77. The Bertz CT molecular complexity index is 499. The van der Waals surface area contributed by atoms with E-state index in [1.165, 1.54) is 6.33 Å². The van der Waals surface area contributed by atoms with Crippen LogP contribution in [-0.2, 0) is 6.54 Å². The van der Waals surface area contributed by atoms with Gasteiger partial charge in [0.05, 0.1) is 13.4 Å². The zero-order valence-electron chi connectivity index (χ0n) is 10.9. The minimum Gasteiger partial charge on any atom is -0.490 e. The Morgan fingerprint density at radius 1 is 1.37 bits per heavy atom. The van der Waals surface area contributed by atoms with Gasteiger partial charge in [0, 0.05) is 25.5 Å². The van der Waals surface area contributed by atoms with Gasteiger partial charge in [-0.25, -0.2) is 15.0 Å². The highest BCUT2D eigenvalue weighted by Crippen LogP contribution is 2.25. The van der Waals surface area contributed by atoms with E-state index in [-0.39, 0.29) is 0 Å². The van der Waals surface area contributed by atoms with Crippen LogP contribution in [0.5, 0.6) is 5.75 Å². The molecule has 0 spiro atoms. The van der Waals surface area contributed by atoms with E-state index in [9.17, 15) is 0 Å². The van der Waals surface area contributed by atoms with Crippen LogP contribution in [0.4, 0.5) is 11.6 Å². The molecule has 102 valence electrons. The van der Waals surface area contributed by atoms with E-state index in [4.69, 9.17) is 10.5 Å². The lowest BCUT2D eigenvalue weighted by atomic mass is 10.3. The number of unbranched alkanes of at least 4 members (excludes halogenated alkanes) is 1. The Morgan fingerprint density at radius 2 is 2.26 bits per heavy atom. The zero-order valence-corrected chi connectivity index (χ0v) is 10.9. The maximum Gasteiger partial charge on any atom is 0.203 e. The number of aryl methyl sites for hydroxylation is 1. The van der Waals surface area contributed by atoms with Gasteiger partial charge in [0.2, 0.25) is 5.75 Å². The first-order chi connectivity index (χ1) is 9.31. The fraction of sp³-hybridized carbons (Fsp3) is 0.417. The highest BCUT2D eigenvalue weighted by molar-refractivity contribution is 5.61. The van der Waals surface area contributed by atoms with Crippen molar-refractivity contribution in [1.82, 2.24) is 19.5 Å². The third-order valence-corrected chi connectivity index (χ3v) is 2.73. The van der Waals surface area contributed by atoms with Crippen molar-refractivity contribution in [2.24, 2.45) is 0 Å². The Morgan fingerprint density at radius 3 is 3.00 bits per heavy atom. The normalized spacial score (nSPS) is 10.4. The van der Waals surface area contributed by atoms with E-state index in [2.05, 4.69) is 24.8 Å². The first kappa shape index (κ1) is 13.1. The SMILES string of the molecule is COc1c(N)ncnc1NCCCCn1ccnc1. The molecule has 0 aliphatic carbocycles. The molecule has 0 radical (unpaired) electrons. The monoisotopic (exact) mass is 262 g/mol. The Labute approximate surface area is 111 Å². The summed E-state index contributed by atoms with van der Waals surface area (Å²) in [6.07, 6.45) is 9.07. The average molecular weight is 262 g/mol. The van der Waals surface area contributed by atoms with Crippen molar-refractivity contribution in [3.8, 4) is 5.75 Å². The first-order valence-electron chi connectivity index (χ1n) is 6.15. The molecule has 2 aromatic rings. The van der Waals surface area contributed by atoms with Gasteiger partial charge in [-0.1, -0.05) is 0 Å². The lowest BCUT2D eigenvalue weighted by Crippen LogP contribution is -2.08. The molecular formula is C12H18N6O. The van der Waals surface area contributed by atoms with E-state index in [1.54, 1.807) is 13.3 Å². The summed E-state index contributed by atoms with van der Waals surface area (Å²) in [5.41, 5.74) is 5.70. The second-order valence-corrected chi connectivity index (χ2v) is 4.08. The minimum absolute atomic E-state index is 0.346. The van der Waals surface area contributed by atoms with Crippen molar-refractivity contribution in [2.45, 2.75) is 19.4 Å². The second-order valence-electron chi connectivity index (χ2n) is 4.08. The number of nitrogens with zero attached hydrogens (tertiary/aromatic N) is 4. The number of hydrogen-bond acceptors (Lipinski definition) is 6. The van der Waals surface area contributed by atoms with Gasteiger partial charge in [0.15, 0.2) is 11.6 Å². The number of nitrogens with one attached hydrogen (secondary N) is 1. The molecule has 19 heavy (non-hydrogen) atoms. The predicted octanol–water partition coefficient (Wildman–Crippen LogP) is 1.16. The van der Waals surface area contributed by atoms with E-state index < -0.39 is 0 Å². The zero-order chi connectivity index (χ0) is 13.5. The van der Waals surface area contributed by atoms with Gasteiger partial charge in [-0.05, 0) is 12.8 Å². The summed E-state index contributed by atoms with van der Waals surface area (Å²) >= 11 is 0. The maximum absolute atomic E-state index is 5.70. The summed E-state index contributed by atoms with van der Waals surface area (Å²) < 4.78 is 7.23. The van der Waals surface area contributed by atoms with Gasteiger partial charge in [0.1, 0.15) is 6.33 Å². The molecule has 7 heteroatoms. The minimum atomic E-state index is 0.346. The molecule has 0 saturated carbocycles. The van der Waals surface area contributed by atoms with Crippen molar-refractivity contribution < 1.29 is 4.74 Å². The van der Waals surface area contributed by atoms with Crippen LogP contribution in [-0.4, -0.2) is 33.2 Å². The smallest absolute Gasteiger partial charge is 0.203 e. The Hall–Kier alpha value is -2.31. The number of nitrogens with two attached hydrogens (primary N) is 1. The number of ether oxygens (including phenoxy) is 1. The molecule has 0 bridgehead atoms. The number of hydrogen-bond donors (Lipinski definition) is 2. The lowest BCUT2D eigenvalue weighted by molar-refractivity contribution is 0.415. The number of rotatable bonds is 7. The molecule has 7 nitrogen and oxygen atoms in total. The third kappa shape index (κ3) is 3.57. The quantitative estimate of drug-likeness (QED) is 0.727. The van der Waals surface area contributed by atoms with Crippen molar-refractivity contribution in [2.75, 3.05) is 24.7 Å². The van der Waals surface area contributed by atoms with Gasteiger partial charge >= 0.3 is 0 Å². The number of anilines is 2. The van der Waals surface area contributed by atoms with Gasteiger partial charge in [-0.15, -0.1) is 0 Å². The summed E-state index contributed by atoms with van der Waals surface area (Å²) in [7, 11) is 1.55. The fourth-order valence-corrected chi connectivity index (χ4v) is 1.76. The van der Waals surface area contributed by atoms with Crippen LogP contribution < -0.4 is 15.8 Å². The molecule has 0 atom stereocenters. The Kier molecular flexibility index (Phi) is 4.54. The summed E-state index contributed by atoms with van der Waals surface area (Å²) in [5, 5.41) is 3.20. The molecule has 2 heterocycles. The predicted molar refractivity (Wildman–Crippen MR) is 72.9 cm³/mol. The van der Waals surface area contributed by atoms with Gasteiger partial charge in [0.25, 0.3) is 0 Å². The van der Waals surface area contributed by atoms with Crippen LogP contribution in [0.15, 0.2) is 25.0 Å². The van der Waals surface area contributed by atoms with Gasteiger partial charge < -0.3 is 20.4 Å². The average Bonchev–Trinajstić information content (AvgIpc) is 2.92. The molecule has 2 aromatic heterocycles. The van der Waals surface area contributed by atoms with Gasteiger partial charge in [-0.3, -0.25) is 0 Å². The molecule has 0 fully saturated rings. The number of methoxy groups -OCH3 is 1. The molecule has 0 aromatic carbocycles. The van der Waals surface area contributed by atoms with Gasteiger partial charge in [-0.2, -0.15) is 0 Å².